The lowest BCUT2D eigenvalue weighted by Gasteiger charge is -2.24. The molecule has 33 heavy (non-hydrogen) atoms. The van der Waals surface area contributed by atoms with E-state index in [4.69, 9.17) is 11.6 Å². The van der Waals surface area contributed by atoms with Crippen molar-refractivity contribution in [2.75, 3.05) is 11.1 Å². The minimum atomic E-state index is -4.49. The van der Waals surface area contributed by atoms with Crippen LogP contribution in [0.2, 0.25) is 5.02 Å². The summed E-state index contributed by atoms with van der Waals surface area (Å²) in [5, 5.41) is 2.91. The average molecular weight is 491 g/mol. The predicted octanol–water partition coefficient (Wildman–Crippen LogP) is 6.39. The summed E-state index contributed by atoms with van der Waals surface area (Å²) in [5.74, 6) is -0.142. The van der Waals surface area contributed by atoms with Crippen LogP contribution in [0.25, 0.3) is 0 Å². The molecular weight excluding hydrogens is 473 g/mol. The molecular formula is C24H18ClF3N2O2S. The minimum Gasteiger partial charge on any atom is -0.322 e. The van der Waals surface area contributed by atoms with Gasteiger partial charge in [0.1, 0.15) is 5.37 Å². The van der Waals surface area contributed by atoms with Crippen molar-refractivity contribution in [3.63, 3.8) is 0 Å². The number of hydrogen-bond donors (Lipinski definition) is 1. The summed E-state index contributed by atoms with van der Waals surface area (Å²) in [6, 6.07) is 18.5. The van der Waals surface area contributed by atoms with E-state index in [2.05, 4.69) is 5.32 Å². The highest BCUT2D eigenvalue weighted by molar-refractivity contribution is 8.00. The largest absolute Gasteiger partial charge is 0.416 e. The van der Waals surface area contributed by atoms with Crippen LogP contribution >= 0.6 is 23.4 Å². The number of halogens is 4. The van der Waals surface area contributed by atoms with E-state index in [0.29, 0.717) is 22.9 Å². The van der Waals surface area contributed by atoms with E-state index >= 15 is 0 Å². The Bertz CT molecular complexity index is 1170. The molecule has 0 radical (unpaired) electrons. The fourth-order valence-electron chi connectivity index (χ4n) is 3.46. The van der Waals surface area contributed by atoms with Gasteiger partial charge in [0, 0.05) is 22.8 Å². The van der Waals surface area contributed by atoms with Crippen LogP contribution in [0.3, 0.4) is 0 Å². The maximum atomic E-state index is 12.9. The summed E-state index contributed by atoms with van der Waals surface area (Å²) in [6.45, 7) is 0.436. The number of carbonyl (C=O) groups excluding carboxylic acids is 2. The number of anilines is 1. The normalized spacial score (nSPS) is 16.2. The lowest BCUT2D eigenvalue weighted by atomic mass is 10.1. The molecule has 0 aromatic heterocycles. The average Bonchev–Trinajstić information content (AvgIpc) is 3.15. The number of thioether (sulfide) groups is 1. The second-order valence-corrected chi connectivity index (χ2v) is 8.97. The molecule has 1 N–H and O–H groups in total. The lowest BCUT2D eigenvalue weighted by molar-refractivity contribution is -0.137. The fraction of sp³-hybridized carbons (Fsp3) is 0.167. The minimum absolute atomic E-state index is 0.0197. The molecule has 1 fully saturated rings. The zero-order valence-corrected chi connectivity index (χ0v) is 18.7. The Kier molecular flexibility index (Phi) is 6.67. The maximum Gasteiger partial charge on any atom is 0.416 e. The van der Waals surface area contributed by atoms with Gasteiger partial charge < -0.3 is 10.2 Å². The topological polar surface area (TPSA) is 49.4 Å². The number of nitrogens with zero attached hydrogens (tertiary/aromatic N) is 1. The molecule has 1 aliphatic rings. The van der Waals surface area contributed by atoms with Crippen LogP contribution in [-0.4, -0.2) is 22.5 Å². The number of alkyl halides is 3. The Morgan fingerprint density at radius 3 is 2.42 bits per heavy atom. The van der Waals surface area contributed by atoms with Gasteiger partial charge in [-0.25, -0.2) is 0 Å². The number of benzene rings is 3. The molecule has 1 atom stereocenters. The number of carbonyl (C=O) groups is 2. The van der Waals surface area contributed by atoms with E-state index in [-0.39, 0.29) is 17.0 Å². The van der Waals surface area contributed by atoms with Crippen LogP contribution in [0.5, 0.6) is 0 Å². The van der Waals surface area contributed by atoms with Crippen molar-refractivity contribution in [2.24, 2.45) is 0 Å². The van der Waals surface area contributed by atoms with Gasteiger partial charge in [0.05, 0.1) is 11.3 Å². The second-order valence-electron chi connectivity index (χ2n) is 7.47. The highest BCUT2D eigenvalue weighted by Crippen LogP contribution is 2.39. The Morgan fingerprint density at radius 2 is 1.76 bits per heavy atom. The Balaban J connectivity index is 1.46. The Labute approximate surface area is 197 Å². The van der Waals surface area contributed by atoms with Gasteiger partial charge in [0.25, 0.3) is 5.91 Å². The summed E-state index contributed by atoms with van der Waals surface area (Å²) in [4.78, 5) is 26.7. The molecule has 1 heterocycles. The molecule has 1 aliphatic heterocycles. The molecule has 9 heteroatoms. The molecule has 170 valence electrons. The summed E-state index contributed by atoms with van der Waals surface area (Å²) < 4.78 is 38.7. The molecule has 3 aromatic carbocycles. The number of hydrogen-bond acceptors (Lipinski definition) is 3. The SMILES string of the molecule is O=C(Nc1cccc(C(F)(F)F)c1)c1ccc([C@@H]2SCC(=O)N2Cc2ccc(Cl)cc2)cc1. The number of nitrogens with one attached hydrogen (secondary N) is 1. The summed E-state index contributed by atoms with van der Waals surface area (Å²) >= 11 is 7.43. The third kappa shape index (κ3) is 5.51. The van der Waals surface area contributed by atoms with Crippen LogP contribution in [0.15, 0.2) is 72.8 Å². The van der Waals surface area contributed by atoms with E-state index in [1.165, 1.54) is 23.9 Å². The van der Waals surface area contributed by atoms with Crippen molar-refractivity contribution in [2.45, 2.75) is 18.1 Å². The first-order valence-corrected chi connectivity index (χ1v) is 11.4. The zero-order valence-electron chi connectivity index (χ0n) is 17.1. The number of amides is 2. The van der Waals surface area contributed by atoms with Crippen LogP contribution < -0.4 is 5.32 Å². The van der Waals surface area contributed by atoms with E-state index in [9.17, 15) is 22.8 Å². The van der Waals surface area contributed by atoms with Gasteiger partial charge in [-0.05, 0) is 53.6 Å². The van der Waals surface area contributed by atoms with Crippen LogP contribution in [-0.2, 0) is 17.5 Å². The molecule has 2 amide bonds. The Hall–Kier alpha value is -2.97. The van der Waals surface area contributed by atoms with Gasteiger partial charge in [0.15, 0.2) is 0 Å². The summed E-state index contributed by atoms with van der Waals surface area (Å²) in [7, 11) is 0. The van der Waals surface area contributed by atoms with E-state index in [1.807, 2.05) is 12.1 Å². The van der Waals surface area contributed by atoms with Crippen LogP contribution in [0.1, 0.15) is 32.4 Å². The van der Waals surface area contributed by atoms with E-state index < -0.39 is 17.6 Å². The van der Waals surface area contributed by atoms with Gasteiger partial charge in [0.2, 0.25) is 5.91 Å². The standard InChI is InChI=1S/C24H18ClF3N2O2S/c25-19-10-4-15(5-11-19)13-30-21(31)14-33-23(30)17-8-6-16(7-9-17)22(32)29-20-3-1-2-18(12-20)24(26,27)28/h1-12,23H,13-14H2,(H,29,32)/t23-/m0/s1. The molecule has 0 spiro atoms. The predicted molar refractivity (Wildman–Crippen MR) is 123 cm³/mol. The van der Waals surface area contributed by atoms with Crippen molar-refractivity contribution >= 4 is 40.9 Å². The van der Waals surface area contributed by atoms with Gasteiger partial charge in [-0.2, -0.15) is 13.2 Å². The first kappa shape index (κ1) is 23.2. The lowest BCUT2D eigenvalue weighted by Crippen LogP contribution is -2.27. The van der Waals surface area contributed by atoms with Crippen molar-refractivity contribution < 1.29 is 22.8 Å². The monoisotopic (exact) mass is 490 g/mol. The highest BCUT2D eigenvalue weighted by atomic mass is 35.5. The third-order valence-electron chi connectivity index (χ3n) is 5.14. The fourth-order valence-corrected chi connectivity index (χ4v) is 4.78. The number of rotatable bonds is 5. The first-order valence-electron chi connectivity index (χ1n) is 9.95. The van der Waals surface area contributed by atoms with Gasteiger partial charge in [-0.3, -0.25) is 9.59 Å². The smallest absolute Gasteiger partial charge is 0.322 e. The maximum absolute atomic E-state index is 12.9. The molecule has 4 nitrogen and oxygen atoms in total. The third-order valence-corrected chi connectivity index (χ3v) is 6.65. The van der Waals surface area contributed by atoms with E-state index in [0.717, 1.165) is 23.3 Å². The van der Waals surface area contributed by atoms with Crippen molar-refractivity contribution in [1.29, 1.82) is 0 Å². The molecule has 0 aliphatic carbocycles. The molecule has 0 saturated carbocycles. The highest BCUT2D eigenvalue weighted by Gasteiger charge is 2.33. The first-order chi connectivity index (χ1) is 15.7. The molecule has 3 aromatic rings. The second kappa shape index (κ2) is 9.49. The quantitative estimate of drug-likeness (QED) is 0.451. The van der Waals surface area contributed by atoms with Crippen LogP contribution in [0, 0.1) is 0 Å². The van der Waals surface area contributed by atoms with Gasteiger partial charge in [-0.15, -0.1) is 11.8 Å². The Morgan fingerprint density at radius 1 is 1.06 bits per heavy atom. The zero-order chi connectivity index (χ0) is 23.6. The summed E-state index contributed by atoms with van der Waals surface area (Å²) in [5.41, 5.74) is 1.34. The summed E-state index contributed by atoms with van der Waals surface area (Å²) in [6.07, 6.45) is -4.49. The van der Waals surface area contributed by atoms with Gasteiger partial charge >= 0.3 is 6.18 Å². The van der Waals surface area contributed by atoms with Gasteiger partial charge in [-0.1, -0.05) is 41.9 Å². The van der Waals surface area contributed by atoms with Crippen molar-refractivity contribution in [3.05, 3.63) is 100 Å². The molecule has 1 saturated heterocycles. The molecule has 0 unspecified atom stereocenters. The molecule has 4 rings (SSSR count). The van der Waals surface area contributed by atoms with Crippen LogP contribution in [0.4, 0.5) is 18.9 Å². The molecule has 0 bridgehead atoms. The van der Waals surface area contributed by atoms with Crippen molar-refractivity contribution in [1.82, 2.24) is 4.90 Å². The van der Waals surface area contributed by atoms with E-state index in [1.54, 1.807) is 41.3 Å². The van der Waals surface area contributed by atoms with Crippen molar-refractivity contribution in [3.8, 4) is 0 Å².